The number of nitrogens with zero attached hydrogens (tertiary/aromatic N) is 3. The first-order valence-corrected chi connectivity index (χ1v) is 8.09. The number of hydrogen-bond acceptors (Lipinski definition) is 5. The Morgan fingerprint density at radius 3 is 2.77 bits per heavy atom. The van der Waals surface area contributed by atoms with Crippen LogP contribution in [0.4, 0.5) is 5.69 Å². The van der Waals surface area contributed by atoms with Crippen molar-refractivity contribution in [2.24, 2.45) is 0 Å². The van der Waals surface area contributed by atoms with E-state index in [9.17, 15) is 4.79 Å². The van der Waals surface area contributed by atoms with E-state index in [1.54, 1.807) is 4.90 Å². The van der Waals surface area contributed by atoms with Gasteiger partial charge in [-0.15, -0.1) is 0 Å². The number of ether oxygens (including phenoxy) is 1. The van der Waals surface area contributed by atoms with E-state index in [1.807, 2.05) is 44.2 Å². The predicted octanol–water partition coefficient (Wildman–Crippen LogP) is 2.61. The second-order valence-corrected chi connectivity index (χ2v) is 6.03. The van der Waals surface area contributed by atoms with E-state index in [0.717, 1.165) is 22.8 Å². The number of carbonyl (C=O) groups excluding carboxylic acids is 1. The van der Waals surface area contributed by atoms with Crippen molar-refractivity contribution in [3.05, 3.63) is 41.7 Å². The minimum absolute atomic E-state index is 0.0449. The monoisotopic (exact) mass is 315 g/mol. The fraction of sp³-hybridized carbons (Fsp3) is 0.312. The molecule has 0 atom stereocenters. The van der Waals surface area contributed by atoms with Crippen molar-refractivity contribution in [3.8, 4) is 5.75 Å². The van der Waals surface area contributed by atoms with Crippen LogP contribution in [-0.2, 0) is 4.79 Å². The maximum Gasteiger partial charge on any atom is 0.237 e. The van der Waals surface area contributed by atoms with Gasteiger partial charge in [-0.1, -0.05) is 23.9 Å². The van der Waals surface area contributed by atoms with E-state index in [2.05, 4.69) is 9.97 Å². The normalized spacial score (nSPS) is 13.5. The molecule has 0 N–H and O–H groups in total. The fourth-order valence-corrected chi connectivity index (χ4v) is 3.22. The summed E-state index contributed by atoms with van der Waals surface area (Å²) >= 11 is 1.37. The quantitative estimate of drug-likeness (QED) is 0.644. The molecule has 6 heteroatoms. The zero-order chi connectivity index (χ0) is 15.5. The molecule has 1 aromatic heterocycles. The molecule has 0 unspecified atom stereocenters. The standard InChI is InChI=1S/C16H17N3O2S/c1-11-9-12(2)18-16(17-11)22-10-15(20)19-7-8-21-14-6-4-3-5-13(14)19/h3-6,9H,7-8,10H2,1-2H3. The summed E-state index contributed by atoms with van der Waals surface area (Å²) in [6.45, 7) is 4.95. The highest BCUT2D eigenvalue weighted by Crippen LogP contribution is 2.31. The van der Waals surface area contributed by atoms with Crippen molar-refractivity contribution in [3.63, 3.8) is 0 Å². The summed E-state index contributed by atoms with van der Waals surface area (Å²) in [5, 5.41) is 0.646. The van der Waals surface area contributed by atoms with E-state index in [0.29, 0.717) is 24.1 Å². The van der Waals surface area contributed by atoms with Gasteiger partial charge in [0.2, 0.25) is 5.91 Å². The molecule has 1 aliphatic heterocycles. The van der Waals surface area contributed by atoms with Gasteiger partial charge >= 0.3 is 0 Å². The van der Waals surface area contributed by atoms with Crippen LogP contribution in [0.5, 0.6) is 5.75 Å². The molecule has 0 spiro atoms. The van der Waals surface area contributed by atoms with Gasteiger partial charge < -0.3 is 9.64 Å². The Labute approximate surface area is 133 Å². The number of benzene rings is 1. The molecule has 0 bridgehead atoms. The summed E-state index contributed by atoms with van der Waals surface area (Å²) in [5.74, 6) is 1.12. The zero-order valence-electron chi connectivity index (χ0n) is 12.6. The highest BCUT2D eigenvalue weighted by Gasteiger charge is 2.23. The Kier molecular flexibility index (Phi) is 4.29. The molecule has 1 aromatic carbocycles. The Morgan fingerprint density at radius 2 is 2.00 bits per heavy atom. The topological polar surface area (TPSA) is 55.3 Å². The van der Waals surface area contributed by atoms with Crippen LogP contribution in [0.2, 0.25) is 0 Å². The lowest BCUT2D eigenvalue weighted by molar-refractivity contribution is -0.116. The molecule has 0 saturated heterocycles. The average molecular weight is 315 g/mol. The number of aromatic nitrogens is 2. The molecule has 5 nitrogen and oxygen atoms in total. The molecule has 1 amide bonds. The number of rotatable bonds is 3. The number of fused-ring (bicyclic) bond motifs is 1. The van der Waals surface area contributed by atoms with Crippen molar-refractivity contribution < 1.29 is 9.53 Å². The molecule has 0 fully saturated rings. The Bertz CT molecular complexity index is 685. The van der Waals surface area contributed by atoms with Gasteiger partial charge in [0.05, 0.1) is 18.0 Å². The van der Waals surface area contributed by atoms with Crippen molar-refractivity contribution in [2.75, 3.05) is 23.8 Å². The van der Waals surface area contributed by atoms with Crippen molar-refractivity contribution >= 4 is 23.4 Å². The average Bonchev–Trinajstić information content (AvgIpc) is 2.51. The Morgan fingerprint density at radius 1 is 1.27 bits per heavy atom. The minimum atomic E-state index is 0.0449. The van der Waals surface area contributed by atoms with E-state index >= 15 is 0 Å². The molecule has 0 radical (unpaired) electrons. The maximum atomic E-state index is 12.5. The van der Waals surface area contributed by atoms with E-state index < -0.39 is 0 Å². The molecule has 0 saturated carbocycles. The zero-order valence-corrected chi connectivity index (χ0v) is 13.4. The van der Waals surface area contributed by atoms with Crippen LogP contribution in [0.3, 0.4) is 0 Å². The van der Waals surface area contributed by atoms with Gasteiger partial charge in [-0.2, -0.15) is 0 Å². The molecular weight excluding hydrogens is 298 g/mol. The van der Waals surface area contributed by atoms with Gasteiger partial charge in [0.15, 0.2) is 5.16 Å². The molecule has 114 valence electrons. The van der Waals surface area contributed by atoms with Crippen LogP contribution in [0.15, 0.2) is 35.5 Å². The number of aryl methyl sites for hydroxylation is 2. The number of thioether (sulfide) groups is 1. The predicted molar refractivity (Wildman–Crippen MR) is 86.5 cm³/mol. The Hall–Kier alpha value is -2.08. The second kappa shape index (κ2) is 6.36. The van der Waals surface area contributed by atoms with Gasteiger partial charge in [-0.3, -0.25) is 4.79 Å². The lowest BCUT2D eigenvalue weighted by atomic mass is 10.2. The lowest BCUT2D eigenvalue weighted by Crippen LogP contribution is -2.39. The molecule has 2 heterocycles. The fourth-order valence-electron chi connectivity index (χ4n) is 2.39. The van der Waals surface area contributed by atoms with Crippen LogP contribution >= 0.6 is 11.8 Å². The summed E-state index contributed by atoms with van der Waals surface area (Å²) in [7, 11) is 0. The van der Waals surface area contributed by atoms with Crippen LogP contribution < -0.4 is 9.64 Å². The number of hydrogen-bond donors (Lipinski definition) is 0. The highest BCUT2D eigenvalue weighted by atomic mass is 32.2. The van der Waals surface area contributed by atoms with Gasteiger partial charge in [-0.05, 0) is 32.0 Å². The first-order valence-electron chi connectivity index (χ1n) is 7.11. The van der Waals surface area contributed by atoms with Crippen molar-refractivity contribution in [1.82, 2.24) is 9.97 Å². The summed E-state index contributed by atoms with van der Waals surface area (Å²) in [4.78, 5) is 23.0. The number of para-hydroxylation sites is 2. The summed E-state index contributed by atoms with van der Waals surface area (Å²) in [6.07, 6.45) is 0. The third-order valence-electron chi connectivity index (χ3n) is 3.32. The van der Waals surface area contributed by atoms with Crippen LogP contribution in [0.25, 0.3) is 0 Å². The summed E-state index contributed by atoms with van der Waals surface area (Å²) in [5.41, 5.74) is 2.67. The van der Waals surface area contributed by atoms with E-state index in [-0.39, 0.29) is 5.91 Å². The first-order chi connectivity index (χ1) is 10.6. The van der Waals surface area contributed by atoms with E-state index in [1.165, 1.54) is 11.8 Å². The number of carbonyl (C=O) groups is 1. The molecule has 2 aromatic rings. The maximum absolute atomic E-state index is 12.5. The highest BCUT2D eigenvalue weighted by molar-refractivity contribution is 7.99. The van der Waals surface area contributed by atoms with Gasteiger partial charge in [-0.25, -0.2) is 9.97 Å². The third-order valence-corrected chi connectivity index (χ3v) is 4.15. The molecule has 1 aliphatic rings. The molecular formula is C16H17N3O2S. The smallest absolute Gasteiger partial charge is 0.237 e. The molecule has 0 aliphatic carbocycles. The van der Waals surface area contributed by atoms with Gasteiger partial charge in [0.1, 0.15) is 12.4 Å². The van der Waals surface area contributed by atoms with Crippen LogP contribution in [0, 0.1) is 13.8 Å². The summed E-state index contributed by atoms with van der Waals surface area (Å²) in [6, 6.07) is 9.53. The van der Waals surface area contributed by atoms with Gasteiger partial charge in [0.25, 0.3) is 0 Å². The van der Waals surface area contributed by atoms with Crippen LogP contribution in [-0.4, -0.2) is 34.8 Å². The SMILES string of the molecule is Cc1cc(C)nc(SCC(=O)N2CCOc3ccccc32)n1. The minimum Gasteiger partial charge on any atom is -0.490 e. The lowest BCUT2D eigenvalue weighted by Gasteiger charge is -2.29. The largest absolute Gasteiger partial charge is 0.490 e. The van der Waals surface area contributed by atoms with Crippen molar-refractivity contribution in [2.45, 2.75) is 19.0 Å². The van der Waals surface area contributed by atoms with Gasteiger partial charge in [0, 0.05) is 11.4 Å². The summed E-state index contributed by atoms with van der Waals surface area (Å²) < 4.78 is 5.57. The molecule has 3 rings (SSSR count). The second-order valence-electron chi connectivity index (χ2n) is 5.08. The van der Waals surface area contributed by atoms with Crippen molar-refractivity contribution in [1.29, 1.82) is 0 Å². The third kappa shape index (κ3) is 3.22. The van der Waals surface area contributed by atoms with E-state index in [4.69, 9.17) is 4.74 Å². The first kappa shape index (κ1) is 14.8. The molecule has 22 heavy (non-hydrogen) atoms. The number of anilines is 1. The Balaban J connectivity index is 1.70. The van der Waals surface area contributed by atoms with Crippen LogP contribution in [0.1, 0.15) is 11.4 Å². The number of amides is 1.